The van der Waals surface area contributed by atoms with Gasteiger partial charge in [-0.3, -0.25) is 4.98 Å². The van der Waals surface area contributed by atoms with Crippen molar-refractivity contribution in [2.45, 2.75) is 38.0 Å². The van der Waals surface area contributed by atoms with E-state index in [1.807, 2.05) is 0 Å². The van der Waals surface area contributed by atoms with Crippen LogP contribution >= 0.6 is 11.3 Å². The third-order valence-corrected chi connectivity index (χ3v) is 5.76. The van der Waals surface area contributed by atoms with Gasteiger partial charge in [0, 0.05) is 22.8 Å². The van der Waals surface area contributed by atoms with Crippen LogP contribution in [-0.2, 0) is 12.8 Å². The number of halogens is 3. The van der Waals surface area contributed by atoms with Crippen molar-refractivity contribution < 1.29 is 18.3 Å². The summed E-state index contributed by atoms with van der Waals surface area (Å²) < 4.78 is 38.1. The molecule has 1 atom stereocenters. The van der Waals surface area contributed by atoms with Gasteiger partial charge in [0.15, 0.2) is 11.9 Å². The van der Waals surface area contributed by atoms with Gasteiger partial charge in [0.2, 0.25) is 0 Å². The van der Waals surface area contributed by atoms with Gasteiger partial charge < -0.3 is 10.4 Å². The predicted molar refractivity (Wildman–Crippen MR) is 97.8 cm³/mol. The minimum atomic E-state index is -4.68. The molecule has 0 saturated heterocycles. The van der Waals surface area contributed by atoms with Crippen LogP contribution < -0.4 is 5.32 Å². The summed E-state index contributed by atoms with van der Waals surface area (Å²) in [6.07, 6.45) is 0.0444. The van der Waals surface area contributed by atoms with Gasteiger partial charge in [-0.05, 0) is 43.4 Å². The monoisotopic (exact) mass is 394 g/mol. The number of aliphatic hydroxyl groups is 1. The Kier molecular flexibility index (Phi) is 4.73. The third kappa shape index (κ3) is 3.61. The van der Waals surface area contributed by atoms with Gasteiger partial charge in [-0.25, -0.2) is 9.97 Å². The lowest BCUT2D eigenvalue weighted by Crippen LogP contribution is -2.35. The fraction of sp³-hybridized carbons (Fsp3) is 0.389. The number of hydrogen-bond donors (Lipinski definition) is 2. The van der Waals surface area contributed by atoms with E-state index in [1.165, 1.54) is 4.88 Å². The van der Waals surface area contributed by atoms with Crippen molar-refractivity contribution in [3.05, 3.63) is 35.0 Å². The Hall–Kier alpha value is -2.26. The van der Waals surface area contributed by atoms with Gasteiger partial charge >= 0.3 is 6.18 Å². The molecule has 3 aromatic rings. The number of hydrogen-bond acceptors (Lipinski definition) is 6. The van der Waals surface area contributed by atoms with E-state index < -0.39 is 18.8 Å². The molecular weight excluding hydrogens is 377 g/mol. The number of rotatable bonds is 4. The lowest BCUT2D eigenvalue weighted by Gasteiger charge is -2.17. The molecule has 3 aromatic heterocycles. The molecule has 0 amide bonds. The molecule has 0 radical (unpaired) electrons. The van der Waals surface area contributed by atoms with Crippen LogP contribution in [0.5, 0.6) is 0 Å². The summed E-state index contributed by atoms with van der Waals surface area (Å²) in [5.41, 5.74) is 1.80. The summed E-state index contributed by atoms with van der Waals surface area (Å²) >= 11 is 1.57. The number of anilines is 1. The zero-order chi connectivity index (χ0) is 19.0. The minimum absolute atomic E-state index is 0.335. The second-order valence-corrected chi connectivity index (χ2v) is 7.55. The Morgan fingerprint density at radius 3 is 2.78 bits per heavy atom. The van der Waals surface area contributed by atoms with E-state index in [0.29, 0.717) is 17.2 Å². The fourth-order valence-electron chi connectivity index (χ4n) is 3.22. The lowest BCUT2D eigenvalue weighted by atomic mass is 9.97. The maximum Gasteiger partial charge on any atom is 0.416 e. The first-order valence-electron chi connectivity index (χ1n) is 8.65. The molecule has 0 aromatic carbocycles. The van der Waals surface area contributed by atoms with Crippen LogP contribution in [0.25, 0.3) is 21.6 Å². The third-order valence-electron chi connectivity index (χ3n) is 4.58. The van der Waals surface area contributed by atoms with Crippen LogP contribution in [0.2, 0.25) is 0 Å². The highest BCUT2D eigenvalue weighted by atomic mass is 32.1. The van der Waals surface area contributed by atoms with Gasteiger partial charge in [0.05, 0.1) is 11.9 Å². The summed E-state index contributed by atoms with van der Waals surface area (Å²) in [6, 6.07) is 3.55. The number of aryl methyl sites for hydroxylation is 2. The van der Waals surface area contributed by atoms with Crippen LogP contribution in [-0.4, -0.2) is 38.9 Å². The molecule has 0 unspecified atom stereocenters. The molecule has 1 aliphatic carbocycles. The zero-order valence-electron chi connectivity index (χ0n) is 14.3. The maximum absolute atomic E-state index is 12.7. The highest BCUT2D eigenvalue weighted by Crippen LogP contribution is 2.39. The Morgan fingerprint density at radius 2 is 2.04 bits per heavy atom. The second kappa shape index (κ2) is 7.05. The molecule has 0 bridgehead atoms. The molecule has 0 fully saturated rings. The number of aromatic nitrogens is 3. The van der Waals surface area contributed by atoms with Crippen molar-refractivity contribution >= 4 is 27.4 Å². The molecule has 0 spiro atoms. The normalized spacial score (nSPS) is 15.6. The van der Waals surface area contributed by atoms with E-state index in [9.17, 15) is 18.3 Å². The van der Waals surface area contributed by atoms with E-state index in [4.69, 9.17) is 0 Å². The van der Waals surface area contributed by atoms with Gasteiger partial charge in [-0.2, -0.15) is 13.2 Å². The van der Waals surface area contributed by atoms with E-state index in [2.05, 4.69) is 20.3 Å². The number of pyridine rings is 1. The summed E-state index contributed by atoms with van der Waals surface area (Å²) in [6.45, 7) is -0.660. The molecule has 5 nitrogen and oxygen atoms in total. The van der Waals surface area contributed by atoms with Crippen LogP contribution in [0.3, 0.4) is 0 Å². The molecular formula is C18H17F3N4OS. The van der Waals surface area contributed by atoms with Crippen molar-refractivity contribution in [1.82, 2.24) is 15.0 Å². The smallest absolute Gasteiger partial charge is 0.382 e. The molecule has 0 aliphatic heterocycles. The quantitative estimate of drug-likeness (QED) is 0.701. The van der Waals surface area contributed by atoms with E-state index in [1.54, 1.807) is 35.9 Å². The number of alkyl halides is 3. The van der Waals surface area contributed by atoms with Crippen LogP contribution in [0.1, 0.15) is 23.3 Å². The Labute approximate surface area is 157 Å². The molecule has 9 heteroatoms. The summed E-state index contributed by atoms with van der Waals surface area (Å²) in [5.74, 6) is 0.736. The van der Waals surface area contributed by atoms with Crippen LogP contribution in [0.15, 0.2) is 24.5 Å². The van der Waals surface area contributed by atoms with E-state index >= 15 is 0 Å². The molecule has 27 heavy (non-hydrogen) atoms. The summed E-state index contributed by atoms with van der Waals surface area (Å²) in [5, 5.41) is 12.8. The maximum atomic E-state index is 12.7. The molecule has 2 N–H and O–H groups in total. The van der Waals surface area contributed by atoms with Crippen molar-refractivity contribution in [2.24, 2.45) is 0 Å². The zero-order valence-corrected chi connectivity index (χ0v) is 15.1. The van der Waals surface area contributed by atoms with Crippen molar-refractivity contribution in [3.8, 4) is 11.4 Å². The molecule has 142 valence electrons. The van der Waals surface area contributed by atoms with Gasteiger partial charge in [0.1, 0.15) is 10.6 Å². The largest absolute Gasteiger partial charge is 0.416 e. The second-order valence-electron chi connectivity index (χ2n) is 6.47. The van der Waals surface area contributed by atoms with E-state index in [0.717, 1.165) is 41.5 Å². The van der Waals surface area contributed by atoms with Crippen LogP contribution in [0.4, 0.5) is 19.0 Å². The van der Waals surface area contributed by atoms with Gasteiger partial charge in [-0.1, -0.05) is 0 Å². The lowest BCUT2D eigenvalue weighted by molar-refractivity contribution is -0.198. The number of fused-ring (bicyclic) bond motifs is 3. The summed E-state index contributed by atoms with van der Waals surface area (Å²) in [7, 11) is 0. The standard InChI is InChI=1S/C18H17F3N4OS/c19-18(20,21)13(26)9-23-16-14-11-5-1-2-6-12(11)27-17(14)25-15(24-16)10-4-3-7-22-8-10/h3-4,7-8,13,26H,1-2,5-6,9H2,(H,23,24,25)/t13-/m1/s1. The number of nitrogens with one attached hydrogen (secondary N) is 1. The Morgan fingerprint density at radius 1 is 1.22 bits per heavy atom. The van der Waals surface area contributed by atoms with Gasteiger partial charge in [-0.15, -0.1) is 11.3 Å². The molecule has 4 rings (SSSR count). The van der Waals surface area contributed by atoms with Crippen LogP contribution in [0, 0.1) is 0 Å². The average molecular weight is 394 g/mol. The number of aliphatic hydroxyl groups excluding tert-OH is 1. The minimum Gasteiger partial charge on any atom is -0.382 e. The Bertz CT molecular complexity index is 959. The number of nitrogens with zero attached hydrogens (tertiary/aromatic N) is 3. The number of thiophene rings is 1. The highest BCUT2D eigenvalue weighted by Gasteiger charge is 2.38. The van der Waals surface area contributed by atoms with Crippen molar-refractivity contribution in [1.29, 1.82) is 0 Å². The van der Waals surface area contributed by atoms with E-state index in [-0.39, 0.29) is 0 Å². The Balaban J connectivity index is 1.79. The molecule has 1 aliphatic rings. The van der Waals surface area contributed by atoms with Crippen molar-refractivity contribution in [3.63, 3.8) is 0 Å². The SMILES string of the molecule is O[C@H](CNc1nc(-c2cccnc2)nc2sc3c(c12)CCCC3)C(F)(F)F. The van der Waals surface area contributed by atoms with Gasteiger partial charge in [0.25, 0.3) is 0 Å². The first kappa shape index (κ1) is 18.1. The summed E-state index contributed by atoms with van der Waals surface area (Å²) in [4.78, 5) is 15.1. The predicted octanol–water partition coefficient (Wildman–Crippen LogP) is 3.97. The molecule has 0 saturated carbocycles. The topological polar surface area (TPSA) is 70.9 Å². The first-order chi connectivity index (χ1) is 12.9. The highest BCUT2D eigenvalue weighted by molar-refractivity contribution is 7.19. The van der Waals surface area contributed by atoms with Crippen molar-refractivity contribution in [2.75, 3.05) is 11.9 Å². The average Bonchev–Trinajstić information content (AvgIpc) is 3.04. The molecule has 3 heterocycles. The fourth-order valence-corrected chi connectivity index (χ4v) is 4.48. The first-order valence-corrected chi connectivity index (χ1v) is 9.46.